The average molecular weight is 530 g/mol. The van der Waals surface area contributed by atoms with Gasteiger partial charge in [-0.1, -0.05) is 6.07 Å². The number of nitrogens with one attached hydrogen (secondary N) is 2. The number of sulfonamides is 1. The number of hydrogen-bond acceptors (Lipinski definition) is 7. The highest BCUT2D eigenvalue weighted by Gasteiger charge is 2.38. The van der Waals surface area contributed by atoms with Gasteiger partial charge in [0.25, 0.3) is 0 Å². The van der Waals surface area contributed by atoms with Crippen molar-refractivity contribution in [1.29, 1.82) is 0 Å². The topological polar surface area (TPSA) is 114 Å². The van der Waals surface area contributed by atoms with Crippen LogP contribution in [0.4, 0.5) is 28.4 Å². The Morgan fingerprint density at radius 2 is 1.83 bits per heavy atom. The van der Waals surface area contributed by atoms with E-state index in [1.165, 1.54) is 17.5 Å². The molecule has 14 heteroatoms. The van der Waals surface area contributed by atoms with Gasteiger partial charge >= 0.3 is 6.18 Å². The van der Waals surface area contributed by atoms with Gasteiger partial charge in [-0.15, -0.1) is 11.3 Å². The van der Waals surface area contributed by atoms with Gasteiger partial charge < -0.3 is 5.32 Å². The van der Waals surface area contributed by atoms with Crippen LogP contribution in [0.3, 0.4) is 0 Å². The van der Waals surface area contributed by atoms with Crippen molar-refractivity contribution >= 4 is 38.1 Å². The zero-order valence-corrected chi connectivity index (χ0v) is 20.0. The summed E-state index contributed by atoms with van der Waals surface area (Å²) in [4.78, 5) is 24.1. The summed E-state index contributed by atoms with van der Waals surface area (Å²) in [5.41, 5.74) is -2.51. The molecule has 0 saturated heterocycles. The molecule has 8 nitrogen and oxygen atoms in total. The van der Waals surface area contributed by atoms with Crippen molar-refractivity contribution in [2.24, 2.45) is 0 Å². The predicted octanol–water partition coefficient (Wildman–Crippen LogP) is 4.58. The maximum Gasteiger partial charge on any atom is 0.434 e. The summed E-state index contributed by atoms with van der Waals surface area (Å²) in [6, 6.07) is 3.46. The third kappa shape index (κ3) is 5.42. The predicted molar refractivity (Wildman–Crippen MR) is 122 cm³/mol. The number of alkyl halides is 3. The molecule has 1 aliphatic carbocycles. The Balaban J connectivity index is 1.50. The molecular formula is C21H19F4N5O3S2. The largest absolute Gasteiger partial charge is 0.434 e. The second kappa shape index (κ2) is 8.82. The molecular weight excluding hydrogens is 510 g/mol. The van der Waals surface area contributed by atoms with Gasteiger partial charge in [0.2, 0.25) is 15.9 Å². The summed E-state index contributed by atoms with van der Waals surface area (Å²) in [6.45, 7) is 3.09. The first-order chi connectivity index (χ1) is 16.3. The molecule has 1 aromatic carbocycles. The lowest BCUT2D eigenvalue weighted by Crippen LogP contribution is -2.35. The van der Waals surface area contributed by atoms with Crippen molar-refractivity contribution in [3.8, 4) is 11.3 Å². The zero-order valence-electron chi connectivity index (χ0n) is 18.4. The van der Waals surface area contributed by atoms with Gasteiger partial charge in [-0.2, -0.15) is 13.2 Å². The number of rotatable bonds is 7. The number of aromatic nitrogens is 3. The lowest BCUT2D eigenvalue weighted by Gasteiger charge is -2.22. The number of benzene rings is 1. The number of halogens is 4. The molecule has 186 valence electrons. The molecule has 1 fully saturated rings. The first-order valence-corrected chi connectivity index (χ1v) is 12.7. The fraction of sp³-hybridized carbons (Fsp3) is 0.333. The molecule has 0 aliphatic heterocycles. The molecule has 0 radical (unpaired) electrons. The van der Waals surface area contributed by atoms with E-state index in [-0.39, 0.29) is 27.8 Å². The molecule has 0 spiro atoms. The van der Waals surface area contributed by atoms with Crippen LogP contribution in [0.25, 0.3) is 11.3 Å². The molecule has 0 bridgehead atoms. The van der Waals surface area contributed by atoms with E-state index >= 15 is 0 Å². The molecule has 2 aromatic heterocycles. The molecule has 2 heterocycles. The summed E-state index contributed by atoms with van der Waals surface area (Å²) in [5, 5.41) is 3.68. The summed E-state index contributed by atoms with van der Waals surface area (Å²) >= 11 is 1.03. The minimum atomic E-state index is -4.70. The van der Waals surface area contributed by atoms with Gasteiger partial charge in [0.05, 0.1) is 40.1 Å². The Bertz CT molecular complexity index is 1390. The minimum absolute atomic E-state index is 0.0467. The van der Waals surface area contributed by atoms with Crippen molar-refractivity contribution in [2.45, 2.75) is 43.5 Å². The molecule has 35 heavy (non-hydrogen) atoms. The third-order valence-electron chi connectivity index (χ3n) is 5.34. The van der Waals surface area contributed by atoms with E-state index in [4.69, 9.17) is 0 Å². The number of carbonyl (C=O) groups excluding carboxylic acids is 1. The molecule has 2 N–H and O–H groups in total. The lowest BCUT2D eigenvalue weighted by atomic mass is 9.89. The first kappa shape index (κ1) is 25.0. The van der Waals surface area contributed by atoms with Crippen molar-refractivity contribution in [1.82, 2.24) is 15.0 Å². The van der Waals surface area contributed by atoms with Crippen LogP contribution in [0.2, 0.25) is 0 Å². The van der Waals surface area contributed by atoms with Crippen LogP contribution in [-0.4, -0.2) is 34.5 Å². The number of anilines is 2. The van der Waals surface area contributed by atoms with E-state index in [0.717, 1.165) is 23.6 Å². The fourth-order valence-electron chi connectivity index (χ4n) is 3.00. The van der Waals surface area contributed by atoms with Crippen LogP contribution in [0.5, 0.6) is 0 Å². The first-order valence-electron chi connectivity index (χ1n) is 10.3. The highest BCUT2D eigenvalue weighted by atomic mass is 32.2. The van der Waals surface area contributed by atoms with E-state index in [1.54, 1.807) is 13.8 Å². The molecule has 3 aromatic rings. The van der Waals surface area contributed by atoms with Crippen LogP contribution < -0.4 is 10.0 Å². The normalized spacial score (nSPS) is 14.6. The van der Waals surface area contributed by atoms with Gasteiger partial charge in [-0.25, -0.2) is 22.8 Å². The Morgan fingerprint density at radius 1 is 1.11 bits per heavy atom. The highest BCUT2D eigenvalue weighted by Crippen LogP contribution is 2.34. The smallest absolute Gasteiger partial charge is 0.323 e. The number of carbonyl (C=O) groups is 1. The number of amides is 1. The van der Waals surface area contributed by atoms with Gasteiger partial charge in [0, 0.05) is 10.9 Å². The number of hydrogen-bond donors (Lipinski definition) is 2. The molecule has 1 saturated carbocycles. The van der Waals surface area contributed by atoms with E-state index < -0.39 is 44.3 Å². The molecule has 4 rings (SSSR count). The van der Waals surface area contributed by atoms with Crippen molar-refractivity contribution in [3.63, 3.8) is 0 Å². The average Bonchev–Trinajstić information content (AvgIpc) is 3.55. The summed E-state index contributed by atoms with van der Waals surface area (Å²) in [5.74, 6) is -1.51. The fourth-order valence-corrected chi connectivity index (χ4v) is 5.48. The number of thiazole rings is 1. The van der Waals surface area contributed by atoms with Gasteiger partial charge in [0.1, 0.15) is 5.82 Å². The van der Waals surface area contributed by atoms with Crippen LogP contribution in [0, 0.1) is 5.82 Å². The minimum Gasteiger partial charge on any atom is -0.323 e. The quantitative estimate of drug-likeness (QED) is 0.433. The standard InChI is InChI=1S/C21H19F4N5O3S2/c1-20(2,17-10-34-19(29-17)30-35(32,33)12-4-5-12)18(31)28-14-6-3-11(7-13(14)22)15-8-26-9-16(27-15)21(23,24)25/h3,6-10,12H,4-5H2,1-2H3,(H,28,31)(H,29,30). The van der Waals surface area contributed by atoms with Gasteiger partial charge in [-0.05, 0) is 38.8 Å². The summed E-state index contributed by atoms with van der Waals surface area (Å²) < 4.78 is 80.0. The summed E-state index contributed by atoms with van der Waals surface area (Å²) in [6.07, 6.45) is -1.88. The maximum absolute atomic E-state index is 14.7. The molecule has 0 atom stereocenters. The number of nitrogens with zero attached hydrogens (tertiary/aromatic N) is 3. The Hall–Kier alpha value is -3.13. The maximum atomic E-state index is 14.7. The monoisotopic (exact) mass is 529 g/mol. The Labute approximate surface area is 201 Å². The van der Waals surface area contributed by atoms with Crippen LogP contribution in [-0.2, 0) is 26.4 Å². The zero-order chi connectivity index (χ0) is 25.6. The van der Waals surface area contributed by atoms with E-state index in [2.05, 4.69) is 25.0 Å². The van der Waals surface area contributed by atoms with Crippen LogP contribution in [0.1, 0.15) is 38.1 Å². The van der Waals surface area contributed by atoms with E-state index in [1.807, 2.05) is 0 Å². The van der Waals surface area contributed by atoms with Gasteiger partial charge in [-0.3, -0.25) is 14.5 Å². The summed E-state index contributed by atoms with van der Waals surface area (Å²) in [7, 11) is -3.51. The second-order valence-electron chi connectivity index (χ2n) is 8.45. The van der Waals surface area contributed by atoms with Crippen molar-refractivity contribution in [3.05, 3.63) is 53.2 Å². The Kier molecular flexibility index (Phi) is 6.30. The second-order valence-corrected chi connectivity index (χ2v) is 11.3. The third-order valence-corrected chi connectivity index (χ3v) is 8.06. The van der Waals surface area contributed by atoms with Crippen molar-refractivity contribution < 1.29 is 30.8 Å². The SMILES string of the molecule is CC(C)(C(=O)Nc1ccc(-c2cncc(C(F)(F)F)n2)cc1F)c1csc(NS(=O)(=O)C2CC2)n1. The molecule has 1 amide bonds. The van der Waals surface area contributed by atoms with Crippen molar-refractivity contribution in [2.75, 3.05) is 10.0 Å². The highest BCUT2D eigenvalue weighted by molar-refractivity contribution is 7.93. The van der Waals surface area contributed by atoms with E-state index in [9.17, 15) is 30.8 Å². The van der Waals surface area contributed by atoms with Crippen LogP contribution >= 0.6 is 11.3 Å². The Morgan fingerprint density at radius 3 is 2.46 bits per heavy atom. The molecule has 0 unspecified atom stereocenters. The van der Waals surface area contributed by atoms with E-state index in [0.29, 0.717) is 19.0 Å². The molecule has 1 aliphatic rings. The van der Waals surface area contributed by atoms with Crippen LogP contribution in [0.15, 0.2) is 36.0 Å². The lowest BCUT2D eigenvalue weighted by molar-refractivity contribution is -0.141. The van der Waals surface area contributed by atoms with Gasteiger partial charge in [0.15, 0.2) is 10.8 Å².